The average Bonchev–Trinajstić information content (AvgIpc) is 2.01. The van der Waals surface area contributed by atoms with Gasteiger partial charge in [0.2, 0.25) is 0 Å². The Morgan fingerprint density at radius 3 is 2.00 bits per heavy atom. The van der Waals surface area contributed by atoms with E-state index in [9.17, 15) is 0 Å². The minimum Gasteiger partial charge on any atom is -0.379 e. The lowest BCUT2D eigenvalue weighted by atomic mass is 10.4. The highest BCUT2D eigenvalue weighted by atomic mass is 16.5. The van der Waals surface area contributed by atoms with Gasteiger partial charge in [-0.25, -0.2) is 0 Å². The Bertz CT molecular complexity index is 44.8. The van der Waals surface area contributed by atoms with Crippen LogP contribution in [-0.2, 0) is 4.74 Å². The van der Waals surface area contributed by atoms with Crippen molar-refractivity contribution in [1.82, 2.24) is 10.6 Å². The highest BCUT2D eigenvalue weighted by molar-refractivity contribution is 4.53. The van der Waals surface area contributed by atoms with Gasteiger partial charge in [0, 0.05) is 13.1 Å². The van der Waals surface area contributed by atoms with E-state index in [1.54, 1.807) is 0 Å². The van der Waals surface area contributed by atoms with E-state index in [-0.39, 0.29) is 0 Å². The van der Waals surface area contributed by atoms with E-state index < -0.39 is 0 Å². The van der Waals surface area contributed by atoms with Crippen LogP contribution >= 0.6 is 0 Å². The second-order valence-corrected chi connectivity index (χ2v) is 2.47. The fourth-order valence-electron chi connectivity index (χ4n) is 0.979. The molecule has 0 aliphatic carbocycles. The lowest BCUT2D eigenvalue weighted by molar-refractivity contribution is 0.135. The summed E-state index contributed by atoms with van der Waals surface area (Å²) in [6, 6.07) is 0. The molecule has 1 aliphatic rings. The molecule has 0 bridgehead atoms. The molecule has 1 rings (SSSR count). The van der Waals surface area contributed by atoms with Crippen LogP contribution in [0.2, 0.25) is 0 Å². The highest BCUT2D eigenvalue weighted by Gasteiger charge is 1.93. The Balaban J connectivity index is 2.00. The molecule has 10 heavy (non-hydrogen) atoms. The van der Waals surface area contributed by atoms with Crippen molar-refractivity contribution in [3.05, 3.63) is 0 Å². The topological polar surface area (TPSA) is 33.3 Å². The Hall–Kier alpha value is -0.120. The summed E-state index contributed by atoms with van der Waals surface area (Å²) in [5.74, 6) is 0. The summed E-state index contributed by atoms with van der Waals surface area (Å²) in [7, 11) is 0. The number of hydrogen-bond donors (Lipinski definition) is 2. The van der Waals surface area contributed by atoms with E-state index >= 15 is 0 Å². The molecule has 1 saturated heterocycles. The van der Waals surface area contributed by atoms with Crippen LogP contribution in [0.5, 0.6) is 0 Å². The van der Waals surface area contributed by atoms with Crippen molar-refractivity contribution in [2.75, 3.05) is 39.4 Å². The monoisotopic (exact) mass is 144 g/mol. The van der Waals surface area contributed by atoms with E-state index in [4.69, 9.17) is 4.74 Å². The van der Waals surface area contributed by atoms with Crippen molar-refractivity contribution in [2.24, 2.45) is 0 Å². The van der Waals surface area contributed by atoms with Gasteiger partial charge < -0.3 is 15.4 Å². The normalized spacial score (nSPS) is 24.0. The fourth-order valence-corrected chi connectivity index (χ4v) is 0.979. The minimum atomic E-state index is 0.849. The van der Waals surface area contributed by atoms with Crippen molar-refractivity contribution in [3.63, 3.8) is 0 Å². The second kappa shape index (κ2) is 5.65. The number of nitrogens with one attached hydrogen (secondary N) is 2. The summed E-state index contributed by atoms with van der Waals surface area (Å²) in [4.78, 5) is 0. The predicted octanol–water partition coefficient (Wildman–Crippen LogP) is -0.414. The van der Waals surface area contributed by atoms with E-state index in [1.807, 2.05) is 0 Å². The molecule has 60 valence electrons. The van der Waals surface area contributed by atoms with Gasteiger partial charge in [-0.3, -0.25) is 0 Å². The summed E-state index contributed by atoms with van der Waals surface area (Å²) in [5.41, 5.74) is 0. The largest absolute Gasteiger partial charge is 0.379 e. The molecule has 0 spiro atoms. The maximum Gasteiger partial charge on any atom is 0.0591 e. The maximum atomic E-state index is 5.28. The lowest BCUT2D eigenvalue weighted by Crippen LogP contribution is -2.29. The number of hydrogen-bond acceptors (Lipinski definition) is 3. The van der Waals surface area contributed by atoms with Gasteiger partial charge >= 0.3 is 0 Å². The molecule has 0 aromatic carbocycles. The third kappa shape index (κ3) is 3.82. The van der Waals surface area contributed by atoms with Crippen LogP contribution in [0.4, 0.5) is 0 Å². The Labute approximate surface area is 62.1 Å². The minimum absolute atomic E-state index is 0.849. The maximum absolute atomic E-state index is 5.28. The zero-order valence-corrected chi connectivity index (χ0v) is 6.36. The molecule has 0 amide bonds. The summed E-state index contributed by atoms with van der Waals surface area (Å²) in [6.45, 7) is 5.91. The van der Waals surface area contributed by atoms with Gasteiger partial charge in [-0.15, -0.1) is 0 Å². The van der Waals surface area contributed by atoms with Gasteiger partial charge in [0.05, 0.1) is 13.2 Å². The molecular weight excluding hydrogens is 128 g/mol. The van der Waals surface area contributed by atoms with Crippen molar-refractivity contribution in [1.29, 1.82) is 0 Å². The first-order valence-electron chi connectivity index (χ1n) is 3.99. The Morgan fingerprint density at radius 2 is 1.40 bits per heavy atom. The van der Waals surface area contributed by atoms with E-state index in [2.05, 4.69) is 10.6 Å². The molecule has 3 heteroatoms. The van der Waals surface area contributed by atoms with E-state index in [0.29, 0.717) is 0 Å². The summed E-state index contributed by atoms with van der Waals surface area (Å²) in [5, 5.41) is 6.58. The molecule has 3 nitrogen and oxygen atoms in total. The first-order chi connectivity index (χ1) is 5.00. The van der Waals surface area contributed by atoms with Crippen molar-refractivity contribution >= 4 is 0 Å². The molecule has 1 fully saturated rings. The van der Waals surface area contributed by atoms with Gasteiger partial charge in [0.15, 0.2) is 0 Å². The molecule has 0 aromatic rings. The van der Waals surface area contributed by atoms with Crippen LogP contribution in [0.15, 0.2) is 0 Å². The molecule has 2 N–H and O–H groups in total. The van der Waals surface area contributed by atoms with Gasteiger partial charge in [-0.05, 0) is 19.5 Å². The van der Waals surface area contributed by atoms with Crippen LogP contribution < -0.4 is 10.6 Å². The quantitative estimate of drug-likeness (QED) is 0.485. The smallest absolute Gasteiger partial charge is 0.0591 e. The zero-order valence-electron chi connectivity index (χ0n) is 6.36. The third-order valence-electron chi connectivity index (χ3n) is 1.55. The second-order valence-electron chi connectivity index (χ2n) is 2.47. The first kappa shape index (κ1) is 7.98. The van der Waals surface area contributed by atoms with E-state index in [1.165, 1.54) is 6.42 Å². The van der Waals surface area contributed by atoms with Crippen LogP contribution in [0.1, 0.15) is 6.42 Å². The summed E-state index contributed by atoms with van der Waals surface area (Å²) >= 11 is 0. The molecular formula is C7H16N2O. The van der Waals surface area contributed by atoms with Crippen LogP contribution in [0, 0.1) is 0 Å². The van der Waals surface area contributed by atoms with Crippen LogP contribution in [0.25, 0.3) is 0 Å². The third-order valence-corrected chi connectivity index (χ3v) is 1.55. The summed E-state index contributed by atoms with van der Waals surface area (Å²) in [6.07, 6.45) is 1.22. The number of rotatable bonds is 0. The van der Waals surface area contributed by atoms with Crippen molar-refractivity contribution < 1.29 is 4.74 Å². The van der Waals surface area contributed by atoms with Crippen LogP contribution in [-0.4, -0.2) is 39.4 Å². The van der Waals surface area contributed by atoms with Crippen LogP contribution in [0.3, 0.4) is 0 Å². The number of ether oxygens (including phenoxy) is 1. The fraction of sp³-hybridized carbons (Fsp3) is 1.00. The van der Waals surface area contributed by atoms with Crippen molar-refractivity contribution in [3.8, 4) is 0 Å². The molecule has 0 aromatic heterocycles. The van der Waals surface area contributed by atoms with Gasteiger partial charge in [-0.1, -0.05) is 0 Å². The van der Waals surface area contributed by atoms with Gasteiger partial charge in [0.25, 0.3) is 0 Å². The SMILES string of the molecule is C1CNCCOCCNC1. The lowest BCUT2D eigenvalue weighted by Gasteiger charge is -2.10. The van der Waals surface area contributed by atoms with E-state index in [0.717, 1.165) is 39.4 Å². The standard InChI is InChI=1S/C7H16N2O/c1-2-8-4-6-10-7-5-9-3-1/h8-9H,1-7H2. The van der Waals surface area contributed by atoms with Gasteiger partial charge in [-0.2, -0.15) is 0 Å². The Morgan fingerprint density at radius 1 is 0.800 bits per heavy atom. The molecule has 1 heterocycles. The van der Waals surface area contributed by atoms with Crippen molar-refractivity contribution in [2.45, 2.75) is 6.42 Å². The molecule has 0 radical (unpaired) electrons. The molecule has 0 unspecified atom stereocenters. The first-order valence-corrected chi connectivity index (χ1v) is 3.99. The zero-order chi connectivity index (χ0) is 7.07. The van der Waals surface area contributed by atoms with Gasteiger partial charge in [0.1, 0.15) is 0 Å². The predicted molar refractivity (Wildman–Crippen MR) is 41.2 cm³/mol. The average molecular weight is 144 g/mol. The molecule has 0 saturated carbocycles. The highest BCUT2D eigenvalue weighted by Crippen LogP contribution is 1.78. The summed E-state index contributed by atoms with van der Waals surface area (Å²) < 4.78 is 5.28. The molecule has 1 aliphatic heterocycles. The molecule has 0 atom stereocenters. The Kier molecular flexibility index (Phi) is 4.51.